The Morgan fingerprint density at radius 3 is 2.35 bits per heavy atom. The van der Waals surface area contributed by atoms with E-state index < -0.39 is 9.84 Å². The first kappa shape index (κ1) is 17.2. The summed E-state index contributed by atoms with van der Waals surface area (Å²) in [5.74, 6) is 0.714. The Bertz CT molecular complexity index is 1000. The lowest BCUT2D eigenvalue weighted by atomic mass is 10.1. The van der Waals surface area contributed by atoms with Gasteiger partial charge in [-0.2, -0.15) is 0 Å². The molecule has 3 aromatic carbocycles. The van der Waals surface area contributed by atoms with Crippen LogP contribution in [-0.2, 0) is 16.4 Å². The highest BCUT2D eigenvalue weighted by atomic mass is 32.2. The van der Waals surface area contributed by atoms with Crippen molar-refractivity contribution in [3.63, 3.8) is 0 Å². The molecule has 0 aliphatic carbocycles. The third-order valence-electron chi connectivity index (χ3n) is 4.31. The molecule has 0 fully saturated rings. The summed E-state index contributed by atoms with van der Waals surface area (Å²) in [6.07, 6.45) is 0. The first-order chi connectivity index (χ1) is 12.6. The van der Waals surface area contributed by atoms with E-state index in [-0.39, 0.29) is 11.0 Å². The summed E-state index contributed by atoms with van der Waals surface area (Å²) in [6.45, 7) is 0.419. The molecule has 1 heterocycles. The molecule has 3 nitrogen and oxygen atoms in total. The molecule has 26 heavy (non-hydrogen) atoms. The lowest BCUT2D eigenvalue weighted by Gasteiger charge is -2.11. The van der Waals surface area contributed by atoms with Crippen LogP contribution in [0.15, 0.2) is 88.7 Å². The Morgan fingerprint density at radius 2 is 1.62 bits per heavy atom. The van der Waals surface area contributed by atoms with Gasteiger partial charge < -0.3 is 4.74 Å². The molecule has 0 bridgehead atoms. The topological polar surface area (TPSA) is 43.4 Å². The van der Waals surface area contributed by atoms with Crippen LogP contribution in [0.25, 0.3) is 0 Å². The summed E-state index contributed by atoms with van der Waals surface area (Å²) >= 11 is 1.59. The second-order valence-electron chi connectivity index (χ2n) is 6.17. The zero-order valence-corrected chi connectivity index (χ0v) is 15.7. The zero-order chi connectivity index (χ0) is 18.0. The summed E-state index contributed by atoms with van der Waals surface area (Å²) in [7, 11) is -3.28. The van der Waals surface area contributed by atoms with E-state index in [1.165, 1.54) is 0 Å². The number of fused-ring (bicyclic) bond motifs is 1. The number of ether oxygens (including phenoxy) is 1. The maximum atomic E-state index is 12.6. The first-order valence-corrected chi connectivity index (χ1v) is 10.9. The summed E-state index contributed by atoms with van der Waals surface area (Å²) in [4.78, 5) is 1.47. The molecule has 1 unspecified atom stereocenters. The van der Waals surface area contributed by atoms with E-state index in [0.29, 0.717) is 17.3 Å². The molecule has 3 aromatic rings. The Kier molecular flexibility index (Phi) is 4.74. The molecule has 0 spiro atoms. The van der Waals surface area contributed by atoms with Gasteiger partial charge in [0.05, 0.1) is 15.9 Å². The van der Waals surface area contributed by atoms with Gasteiger partial charge in [0.2, 0.25) is 0 Å². The van der Waals surface area contributed by atoms with Gasteiger partial charge in [0.1, 0.15) is 12.4 Å². The van der Waals surface area contributed by atoms with Crippen LogP contribution < -0.4 is 4.74 Å². The summed E-state index contributed by atoms with van der Waals surface area (Å²) in [5.41, 5.74) is 1.92. The lowest BCUT2D eigenvalue weighted by molar-refractivity contribution is 0.305. The second-order valence-corrected chi connectivity index (χ2v) is 9.45. The van der Waals surface area contributed by atoms with E-state index in [9.17, 15) is 8.42 Å². The van der Waals surface area contributed by atoms with Crippen molar-refractivity contribution >= 4 is 21.6 Å². The molecule has 1 aliphatic heterocycles. The van der Waals surface area contributed by atoms with Crippen molar-refractivity contribution in [1.82, 2.24) is 0 Å². The molecular formula is C21H18O3S2. The minimum Gasteiger partial charge on any atom is -0.489 e. The van der Waals surface area contributed by atoms with Crippen LogP contribution in [0.3, 0.4) is 0 Å². The number of hydrogen-bond donors (Lipinski definition) is 0. The summed E-state index contributed by atoms with van der Waals surface area (Å²) in [5, 5.41) is -0.0828. The Balaban J connectivity index is 1.56. The summed E-state index contributed by atoms with van der Waals surface area (Å²) in [6, 6.07) is 25.2. The highest BCUT2D eigenvalue weighted by Crippen LogP contribution is 2.45. The van der Waals surface area contributed by atoms with Crippen molar-refractivity contribution in [2.75, 3.05) is 5.75 Å². The van der Waals surface area contributed by atoms with Gasteiger partial charge in [-0.1, -0.05) is 54.6 Å². The molecule has 0 N–H and O–H groups in total. The van der Waals surface area contributed by atoms with Gasteiger partial charge in [-0.25, -0.2) is 8.42 Å². The smallest absolute Gasteiger partial charge is 0.180 e. The minimum atomic E-state index is -3.28. The van der Waals surface area contributed by atoms with Crippen molar-refractivity contribution in [3.8, 4) is 5.75 Å². The molecule has 5 heteroatoms. The highest BCUT2D eigenvalue weighted by molar-refractivity contribution is 8.01. The van der Waals surface area contributed by atoms with Crippen LogP contribution in [0.4, 0.5) is 0 Å². The number of rotatable bonds is 5. The van der Waals surface area contributed by atoms with Crippen molar-refractivity contribution in [2.45, 2.75) is 21.6 Å². The molecule has 0 saturated carbocycles. The minimum absolute atomic E-state index is 0.0828. The highest BCUT2D eigenvalue weighted by Gasteiger charge is 2.35. The quantitative estimate of drug-likeness (QED) is 0.630. The fourth-order valence-electron chi connectivity index (χ4n) is 3.02. The fourth-order valence-corrected chi connectivity index (χ4v) is 6.50. The predicted octanol–water partition coefficient (Wildman–Crippen LogP) is 4.89. The normalized spacial score (nSPS) is 17.6. The van der Waals surface area contributed by atoms with Crippen molar-refractivity contribution in [3.05, 3.63) is 90.0 Å². The standard InChI is InChI=1S/C21H18O3S2/c22-26(23)15-20(25-18-9-5-2-6-10-18)19-12-11-17(13-21(19)26)24-14-16-7-3-1-4-8-16/h1-13,20H,14-15H2. The van der Waals surface area contributed by atoms with Gasteiger partial charge in [-0.05, 0) is 35.4 Å². The van der Waals surface area contributed by atoms with E-state index in [0.717, 1.165) is 16.0 Å². The van der Waals surface area contributed by atoms with Gasteiger partial charge in [0.15, 0.2) is 9.84 Å². The molecule has 0 radical (unpaired) electrons. The lowest BCUT2D eigenvalue weighted by Crippen LogP contribution is -2.01. The van der Waals surface area contributed by atoms with Crippen LogP contribution in [0, 0.1) is 0 Å². The Morgan fingerprint density at radius 1 is 0.923 bits per heavy atom. The molecule has 4 rings (SSSR count). The van der Waals surface area contributed by atoms with E-state index in [1.807, 2.05) is 72.8 Å². The molecule has 1 atom stereocenters. The zero-order valence-electron chi connectivity index (χ0n) is 14.0. The summed E-state index contributed by atoms with van der Waals surface area (Å²) < 4.78 is 31.0. The molecule has 132 valence electrons. The van der Waals surface area contributed by atoms with Gasteiger partial charge >= 0.3 is 0 Å². The maximum Gasteiger partial charge on any atom is 0.180 e. The van der Waals surface area contributed by atoms with Crippen LogP contribution >= 0.6 is 11.8 Å². The van der Waals surface area contributed by atoms with Crippen molar-refractivity contribution in [1.29, 1.82) is 0 Å². The Hall–Kier alpha value is -2.24. The van der Waals surface area contributed by atoms with Crippen LogP contribution in [0.2, 0.25) is 0 Å². The van der Waals surface area contributed by atoms with Crippen LogP contribution in [0.1, 0.15) is 16.4 Å². The molecule has 0 saturated heterocycles. The van der Waals surface area contributed by atoms with Crippen LogP contribution in [0.5, 0.6) is 5.75 Å². The van der Waals surface area contributed by atoms with E-state index in [1.54, 1.807) is 17.8 Å². The monoisotopic (exact) mass is 382 g/mol. The molecular weight excluding hydrogens is 364 g/mol. The van der Waals surface area contributed by atoms with E-state index in [2.05, 4.69) is 0 Å². The van der Waals surface area contributed by atoms with Gasteiger partial charge in [-0.15, -0.1) is 11.8 Å². The average Bonchev–Trinajstić information content (AvgIpc) is 2.91. The van der Waals surface area contributed by atoms with Crippen molar-refractivity contribution in [2.24, 2.45) is 0 Å². The maximum absolute atomic E-state index is 12.6. The average molecular weight is 383 g/mol. The SMILES string of the molecule is O=S1(=O)CC(Sc2ccccc2)c2ccc(OCc3ccccc3)cc21. The van der Waals surface area contributed by atoms with Gasteiger partial charge in [-0.3, -0.25) is 0 Å². The number of hydrogen-bond acceptors (Lipinski definition) is 4. The molecule has 1 aliphatic rings. The van der Waals surface area contributed by atoms with Crippen molar-refractivity contribution < 1.29 is 13.2 Å². The molecule has 0 amide bonds. The number of thioether (sulfide) groups is 1. The van der Waals surface area contributed by atoms with Gasteiger partial charge in [0, 0.05) is 4.90 Å². The fraction of sp³-hybridized carbons (Fsp3) is 0.143. The Labute approximate surface area is 157 Å². The number of sulfone groups is 1. The molecule has 0 aromatic heterocycles. The van der Waals surface area contributed by atoms with E-state index in [4.69, 9.17) is 4.74 Å². The third-order valence-corrected chi connectivity index (χ3v) is 7.56. The largest absolute Gasteiger partial charge is 0.489 e. The van der Waals surface area contributed by atoms with E-state index >= 15 is 0 Å². The van der Waals surface area contributed by atoms with Crippen LogP contribution in [-0.4, -0.2) is 14.2 Å². The predicted molar refractivity (Wildman–Crippen MR) is 104 cm³/mol. The number of benzene rings is 3. The van der Waals surface area contributed by atoms with Gasteiger partial charge in [0.25, 0.3) is 0 Å². The second kappa shape index (κ2) is 7.17. The third kappa shape index (κ3) is 3.64. The first-order valence-electron chi connectivity index (χ1n) is 8.37.